The van der Waals surface area contributed by atoms with E-state index in [0.29, 0.717) is 26.1 Å². The number of ether oxygens (including phenoxy) is 1. The molecule has 0 saturated carbocycles. The van der Waals surface area contributed by atoms with Crippen molar-refractivity contribution in [2.75, 3.05) is 18.1 Å². The Morgan fingerprint density at radius 1 is 0.970 bits per heavy atom. The predicted octanol–water partition coefficient (Wildman–Crippen LogP) is 5.56. The zero-order chi connectivity index (χ0) is 22.9. The molecule has 0 bridgehead atoms. The van der Waals surface area contributed by atoms with Crippen LogP contribution < -0.4 is 9.64 Å². The number of aryl methyl sites for hydroxylation is 3. The summed E-state index contributed by atoms with van der Waals surface area (Å²) in [6, 6.07) is 22.5. The van der Waals surface area contributed by atoms with E-state index >= 15 is 0 Å². The van der Waals surface area contributed by atoms with Crippen LogP contribution in [0.3, 0.4) is 0 Å². The normalized spacial score (nSPS) is 16.0. The highest BCUT2D eigenvalue weighted by atomic mass is 16.5. The maximum atomic E-state index is 13.1. The van der Waals surface area contributed by atoms with E-state index < -0.39 is 0 Å². The van der Waals surface area contributed by atoms with Crippen LogP contribution in [0.15, 0.2) is 66.7 Å². The Labute approximate surface area is 194 Å². The zero-order valence-corrected chi connectivity index (χ0v) is 19.4. The van der Waals surface area contributed by atoms with Crippen molar-refractivity contribution in [3.05, 3.63) is 89.2 Å². The Hall–Kier alpha value is -3.60. The molecule has 1 aliphatic rings. The summed E-state index contributed by atoms with van der Waals surface area (Å²) in [6.07, 6.45) is 0.468. The number of nitrogens with zero attached hydrogens (tertiary/aromatic N) is 3. The fourth-order valence-corrected chi connectivity index (χ4v) is 4.93. The molecule has 1 aliphatic heterocycles. The third kappa shape index (κ3) is 4.11. The van der Waals surface area contributed by atoms with Crippen LogP contribution in [-0.2, 0) is 11.3 Å². The Bertz CT molecular complexity index is 1300. The van der Waals surface area contributed by atoms with Crippen molar-refractivity contribution < 1.29 is 9.53 Å². The molecule has 168 valence electrons. The van der Waals surface area contributed by atoms with E-state index in [1.54, 1.807) is 0 Å². The maximum Gasteiger partial charge on any atom is 0.227 e. The second kappa shape index (κ2) is 8.74. The highest BCUT2D eigenvalue weighted by molar-refractivity contribution is 5.98. The van der Waals surface area contributed by atoms with Crippen molar-refractivity contribution in [2.24, 2.45) is 0 Å². The van der Waals surface area contributed by atoms with Gasteiger partial charge in [0.15, 0.2) is 0 Å². The van der Waals surface area contributed by atoms with Crippen LogP contribution in [0.25, 0.3) is 11.0 Å². The van der Waals surface area contributed by atoms with Crippen LogP contribution in [0, 0.1) is 20.8 Å². The molecule has 1 atom stereocenters. The van der Waals surface area contributed by atoms with Crippen LogP contribution in [-0.4, -0.2) is 28.6 Å². The number of para-hydroxylation sites is 3. The molecule has 5 nitrogen and oxygen atoms in total. The average Bonchev–Trinajstić information content (AvgIpc) is 3.35. The molecule has 1 fully saturated rings. The zero-order valence-electron chi connectivity index (χ0n) is 19.4. The van der Waals surface area contributed by atoms with E-state index in [-0.39, 0.29) is 11.8 Å². The largest absolute Gasteiger partial charge is 0.492 e. The van der Waals surface area contributed by atoms with E-state index in [1.165, 1.54) is 5.56 Å². The highest BCUT2D eigenvalue weighted by Crippen LogP contribution is 2.36. The molecular formula is C28H29N3O2. The molecule has 1 amide bonds. The lowest BCUT2D eigenvalue weighted by molar-refractivity contribution is -0.117. The number of hydrogen-bond acceptors (Lipinski definition) is 3. The van der Waals surface area contributed by atoms with Gasteiger partial charge in [-0.2, -0.15) is 0 Å². The molecule has 0 unspecified atom stereocenters. The monoisotopic (exact) mass is 439 g/mol. The Morgan fingerprint density at radius 2 is 1.73 bits per heavy atom. The van der Waals surface area contributed by atoms with Crippen molar-refractivity contribution in [1.29, 1.82) is 0 Å². The second-order valence-electron chi connectivity index (χ2n) is 8.92. The summed E-state index contributed by atoms with van der Waals surface area (Å²) in [5.41, 5.74) is 6.51. The summed E-state index contributed by atoms with van der Waals surface area (Å²) in [5, 5.41) is 0. The number of hydrogen-bond donors (Lipinski definition) is 0. The molecule has 1 saturated heterocycles. The van der Waals surface area contributed by atoms with Crippen molar-refractivity contribution in [1.82, 2.24) is 9.55 Å². The lowest BCUT2D eigenvalue weighted by atomic mass is 10.1. The molecule has 2 heterocycles. The molecule has 5 rings (SSSR count). The van der Waals surface area contributed by atoms with Crippen molar-refractivity contribution >= 4 is 22.6 Å². The van der Waals surface area contributed by atoms with E-state index in [2.05, 4.69) is 49.6 Å². The SMILES string of the molecule is Cc1cccc(OCCn2c([C@H]3CC(=O)N(c4c(C)cccc4C)C3)nc3ccccc32)c1. The minimum atomic E-state index is 0.0443. The van der Waals surface area contributed by atoms with Crippen LogP contribution in [0.5, 0.6) is 5.75 Å². The topological polar surface area (TPSA) is 47.4 Å². The standard InChI is InChI=1S/C28H29N3O2/c1-19-8-6-11-23(16-19)33-15-14-30-25-13-5-4-12-24(25)29-28(30)22-17-26(32)31(18-22)27-20(2)9-7-10-21(27)3/h4-13,16,22H,14-15,17-18H2,1-3H3/t22-/m0/s1. The Kier molecular flexibility index (Phi) is 5.63. The summed E-state index contributed by atoms with van der Waals surface area (Å²) in [7, 11) is 0. The van der Waals surface area contributed by atoms with Gasteiger partial charge in [0.2, 0.25) is 5.91 Å². The number of carbonyl (C=O) groups is 1. The van der Waals surface area contributed by atoms with Crippen LogP contribution >= 0.6 is 0 Å². The van der Waals surface area contributed by atoms with Gasteiger partial charge in [-0.25, -0.2) is 4.98 Å². The van der Waals surface area contributed by atoms with Gasteiger partial charge >= 0.3 is 0 Å². The van der Waals surface area contributed by atoms with Crippen molar-refractivity contribution in [3.8, 4) is 5.75 Å². The van der Waals surface area contributed by atoms with Gasteiger partial charge in [-0.1, -0.05) is 42.5 Å². The van der Waals surface area contributed by atoms with E-state index in [0.717, 1.165) is 39.4 Å². The quantitative estimate of drug-likeness (QED) is 0.395. The summed E-state index contributed by atoms with van der Waals surface area (Å²) < 4.78 is 8.28. The lowest BCUT2D eigenvalue weighted by Crippen LogP contribution is -2.26. The van der Waals surface area contributed by atoms with Crippen molar-refractivity contribution in [2.45, 2.75) is 39.7 Å². The Morgan fingerprint density at radius 3 is 2.52 bits per heavy atom. The minimum Gasteiger partial charge on any atom is -0.492 e. The van der Waals surface area contributed by atoms with Gasteiger partial charge in [-0.3, -0.25) is 4.79 Å². The van der Waals surface area contributed by atoms with Gasteiger partial charge in [0, 0.05) is 24.6 Å². The molecule has 5 heteroatoms. The van der Waals surface area contributed by atoms with E-state index in [1.807, 2.05) is 47.4 Å². The smallest absolute Gasteiger partial charge is 0.227 e. The first-order chi connectivity index (χ1) is 16.0. The first kappa shape index (κ1) is 21.3. The maximum absolute atomic E-state index is 13.1. The first-order valence-electron chi connectivity index (χ1n) is 11.5. The number of carbonyl (C=O) groups excluding carboxylic acids is 1. The van der Waals surface area contributed by atoms with E-state index in [9.17, 15) is 4.79 Å². The van der Waals surface area contributed by atoms with Gasteiger partial charge in [-0.05, 0) is 61.7 Å². The molecule has 0 spiro atoms. The number of imidazole rings is 1. The van der Waals surface area contributed by atoms with Gasteiger partial charge in [-0.15, -0.1) is 0 Å². The number of aromatic nitrogens is 2. The van der Waals surface area contributed by atoms with E-state index in [4.69, 9.17) is 9.72 Å². The second-order valence-corrected chi connectivity index (χ2v) is 8.92. The fraction of sp³-hybridized carbons (Fsp3) is 0.286. The molecule has 0 N–H and O–H groups in total. The number of benzene rings is 3. The summed E-state index contributed by atoms with van der Waals surface area (Å²) in [5.74, 6) is 2.04. The fourth-order valence-electron chi connectivity index (χ4n) is 4.93. The number of anilines is 1. The molecule has 4 aromatic rings. The third-order valence-corrected chi connectivity index (χ3v) is 6.46. The number of amides is 1. The number of rotatable bonds is 6. The highest BCUT2D eigenvalue weighted by Gasteiger charge is 2.35. The lowest BCUT2D eigenvalue weighted by Gasteiger charge is -2.21. The number of fused-ring (bicyclic) bond motifs is 1. The molecule has 33 heavy (non-hydrogen) atoms. The van der Waals surface area contributed by atoms with Gasteiger partial charge in [0.05, 0.1) is 17.6 Å². The van der Waals surface area contributed by atoms with Gasteiger partial charge in [0.25, 0.3) is 0 Å². The first-order valence-corrected chi connectivity index (χ1v) is 11.5. The molecular weight excluding hydrogens is 410 g/mol. The van der Waals surface area contributed by atoms with Gasteiger partial charge < -0.3 is 14.2 Å². The summed E-state index contributed by atoms with van der Waals surface area (Å²) >= 11 is 0. The third-order valence-electron chi connectivity index (χ3n) is 6.46. The van der Waals surface area contributed by atoms with Gasteiger partial charge in [0.1, 0.15) is 18.2 Å². The van der Waals surface area contributed by atoms with Crippen LogP contribution in [0.2, 0.25) is 0 Å². The van der Waals surface area contributed by atoms with Crippen LogP contribution in [0.4, 0.5) is 5.69 Å². The summed E-state index contributed by atoms with van der Waals surface area (Å²) in [4.78, 5) is 20.0. The molecule has 0 radical (unpaired) electrons. The Balaban J connectivity index is 1.43. The van der Waals surface area contributed by atoms with Crippen molar-refractivity contribution in [3.63, 3.8) is 0 Å². The molecule has 0 aliphatic carbocycles. The average molecular weight is 440 g/mol. The minimum absolute atomic E-state index is 0.0443. The molecule has 3 aromatic carbocycles. The predicted molar refractivity (Wildman–Crippen MR) is 132 cm³/mol. The van der Waals surface area contributed by atoms with Crippen LogP contribution in [0.1, 0.15) is 34.9 Å². The molecule has 1 aromatic heterocycles. The summed E-state index contributed by atoms with van der Waals surface area (Å²) in [6.45, 7) is 8.07.